The lowest BCUT2D eigenvalue weighted by Crippen LogP contribution is -2.71. The van der Waals surface area contributed by atoms with Gasteiger partial charge in [-0.1, -0.05) is 17.7 Å². The van der Waals surface area contributed by atoms with Crippen LogP contribution in [0.5, 0.6) is 11.5 Å². The van der Waals surface area contributed by atoms with Gasteiger partial charge in [-0.2, -0.15) is 0 Å². The van der Waals surface area contributed by atoms with Gasteiger partial charge in [0.15, 0.2) is 12.7 Å². The van der Waals surface area contributed by atoms with Crippen molar-refractivity contribution in [2.75, 3.05) is 24.6 Å². The largest absolute Gasteiger partial charge is 0.484 e. The predicted molar refractivity (Wildman–Crippen MR) is 161 cm³/mol. The standard InChI is InChI=1S/C32H39ClFN3O7/c1-19-5-8-24-23(13-19)37(17-28(40)44-30(2,3)4)16-25(43-24)29(41)36-31-9-11-32(12-10-31,26(38)15-31)35-27(39)18-42-20-6-7-21(33)22(34)14-20/h5-8,13-14,25-26,38H,9-12,15-18H2,1-4H3,(H,35,39)(H,36,41)/t25?,26-,31?,32?/m0/s1. The number of hydrogen-bond donors (Lipinski definition) is 3. The molecule has 2 aromatic rings. The highest BCUT2D eigenvalue weighted by atomic mass is 35.5. The highest BCUT2D eigenvalue weighted by molar-refractivity contribution is 6.30. The second-order valence-electron chi connectivity index (χ2n) is 13.1. The topological polar surface area (TPSA) is 126 Å². The van der Waals surface area contributed by atoms with Crippen LogP contribution in [0, 0.1) is 12.7 Å². The molecule has 3 aliphatic carbocycles. The smallest absolute Gasteiger partial charge is 0.326 e. The zero-order chi connectivity index (χ0) is 31.9. The maximum Gasteiger partial charge on any atom is 0.326 e. The summed E-state index contributed by atoms with van der Waals surface area (Å²) in [6, 6.07) is 9.51. The number of ether oxygens (including phenoxy) is 3. The van der Waals surface area contributed by atoms with E-state index in [0.29, 0.717) is 31.4 Å². The third-order valence-electron chi connectivity index (χ3n) is 8.50. The Kier molecular flexibility index (Phi) is 8.74. The Balaban J connectivity index is 1.20. The Hall–Kier alpha value is -3.57. The van der Waals surface area contributed by atoms with Crippen molar-refractivity contribution >= 4 is 35.1 Å². The number of rotatable bonds is 8. The number of aryl methyl sites for hydroxylation is 1. The van der Waals surface area contributed by atoms with Crippen LogP contribution in [0.1, 0.15) is 58.4 Å². The van der Waals surface area contributed by atoms with Crippen molar-refractivity contribution in [1.82, 2.24) is 10.6 Å². The molecule has 0 spiro atoms. The van der Waals surface area contributed by atoms with E-state index in [4.69, 9.17) is 25.8 Å². The summed E-state index contributed by atoms with van der Waals surface area (Å²) in [5.74, 6) is -1.16. The summed E-state index contributed by atoms with van der Waals surface area (Å²) in [7, 11) is 0. The highest BCUT2D eigenvalue weighted by Crippen LogP contribution is 2.47. The summed E-state index contributed by atoms with van der Waals surface area (Å²) >= 11 is 5.70. The SMILES string of the molecule is Cc1ccc2c(c1)N(CC(=O)OC(C)(C)C)CC(C(=O)NC13CCC(NC(=O)COc4ccc(Cl)c(F)c4)(CC1)[C@@H](O)C3)O2. The Morgan fingerprint density at radius 1 is 1.11 bits per heavy atom. The number of aliphatic hydroxyl groups excluding tert-OH is 1. The van der Waals surface area contributed by atoms with Crippen molar-refractivity contribution in [2.45, 2.75) is 88.7 Å². The number of aliphatic hydroxyl groups is 1. The minimum Gasteiger partial charge on any atom is -0.484 e. The van der Waals surface area contributed by atoms with Gasteiger partial charge in [-0.25, -0.2) is 4.39 Å². The van der Waals surface area contributed by atoms with Crippen molar-refractivity contribution < 1.29 is 38.1 Å². The number of fused-ring (bicyclic) bond motifs is 4. The van der Waals surface area contributed by atoms with Gasteiger partial charge in [-0.05, 0) is 89.6 Å². The lowest BCUT2D eigenvalue weighted by atomic mass is 9.60. The Morgan fingerprint density at radius 3 is 2.50 bits per heavy atom. The number of amides is 2. The molecule has 2 amide bonds. The summed E-state index contributed by atoms with van der Waals surface area (Å²) in [6.07, 6.45) is 0.464. The van der Waals surface area contributed by atoms with Crippen LogP contribution in [0.15, 0.2) is 36.4 Å². The van der Waals surface area contributed by atoms with Crippen molar-refractivity contribution in [2.24, 2.45) is 0 Å². The van der Waals surface area contributed by atoms with E-state index in [2.05, 4.69) is 10.6 Å². The monoisotopic (exact) mass is 631 g/mol. The molecule has 238 valence electrons. The number of halogens is 2. The number of benzene rings is 2. The van der Waals surface area contributed by atoms with Gasteiger partial charge in [-0.3, -0.25) is 14.4 Å². The van der Waals surface area contributed by atoms with Crippen LogP contribution in [0.3, 0.4) is 0 Å². The molecule has 10 nitrogen and oxygen atoms in total. The molecule has 2 atom stereocenters. The summed E-state index contributed by atoms with van der Waals surface area (Å²) in [6.45, 7) is 7.12. The van der Waals surface area contributed by atoms with Crippen LogP contribution in [-0.2, 0) is 19.1 Å². The molecule has 2 bridgehead atoms. The van der Waals surface area contributed by atoms with Crippen molar-refractivity contribution in [3.05, 3.63) is 52.8 Å². The van der Waals surface area contributed by atoms with E-state index in [1.165, 1.54) is 12.1 Å². The lowest BCUT2D eigenvalue weighted by Gasteiger charge is -2.56. The summed E-state index contributed by atoms with van der Waals surface area (Å²) in [5, 5.41) is 17.2. The summed E-state index contributed by atoms with van der Waals surface area (Å²) in [5.41, 5.74) is -0.444. The molecule has 12 heteroatoms. The number of nitrogens with one attached hydrogen (secondary N) is 2. The zero-order valence-electron chi connectivity index (χ0n) is 25.4. The highest BCUT2D eigenvalue weighted by Gasteiger charge is 2.55. The van der Waals surface area contributed by atoms with Gasteiger partial charge in [-0.15, -0.1) is 0 Å². The first kappa shape index (κ1) is 31.8. The van der Waals surface area contributed by atoms with E-state index in [1.807, 2.05) is 19.1 Å². The average Bonchev–Trinajstić information content (AvgIpc) is 2.93. The van der Waals surface area contributed by atoms with Crippen molar-refractivity contribution in [1.29, 1.82) is 0 Å². The van der Waals surface area contributed by atoms with Crippen molar-refractivity contribution in [3.8, 4) is 11.5 Å². The van der Waals surface area contributed by atoms with Gasteiger partial charge in [0.2, 0.25) is 0 Å². The molecule has 3 saturated carbocycles. The fourth-order valence-electron chi connectivity index (χ4n) is 6.31. The predicted octanol–water partition coefficient (Wildman–Crippen LogP) is 3.82. The van der Waals surface area contributed by atoms with E-state index in [-0.39, 0.29) is 42.8 Å². The van der Waals surface area contributed by atoms with Gasteiger partial charge in [0.05, 0.1) is 28.9 Å². The van der Waals surface area contributed by atoms with Gasteiger partial charge < -0.3 is 34.9 Å². The number of esters is 1. The van der Waals surface area contributed by atoms with E-state index >= 15 is 0 Å². The fourth-order valence-corrected chi connectivity index (χ4v) is 6.43. The Labute approximate surface area is 261 Å². The van der Waals surface area contributed by atoms with E-state index < -0.39 is 46.6 Å². The molecule has 1 heterocycles. The van der Waals surface area contributed by atoms with Gasteiger partial charge in [0.25, 0.3) is 11.8 Å². The first-order valence-electron chi connectivity index (χ1n) is 14.8. The first-order chi connectivity index (χ1) is 20.7. The lowest BCUT2D eigenvalue weighted by molar-refractivity contribution is -0.153. The van der Waals surface area contributed by atoms with Crippen LogP contribution < -0.4 is 25.0 Å². The number of carbonyl (C=O) groups excluding carboxylic acids is 3. The molecule has 3 fully saturated rings. The third-order valence-corrected chi connectivity index (χ3v) is 8.81. The van der Waals surface area contributed by atoms with E-state index in [9.17, 15) is 23.9 Å². The van der Waals surface area contributed by atoms with E-state index in [1.54, 1.807) is 31.7 Å². The maximum atomic E-state index is 13.7. The molecule has 3 N–H and O–H groups in total. The fraction of sp³-hybridized carbons (Fsp3) is 0.531. The molecule has 0 aromatic heterocycles. The second kappa shape index (κ2) is 12.1. The molecule has 1 aliphatic heterocycles. The van der Waals surface area contributed by atoms with Crippen LogP contribution in [0.4, 0.5) is 10.1 Å². The molecule has 4 aliphatic rings. The van der Waals surface area contributed by atoms with Gasteiger partial charge >= 0.3 is 5.97 Å². The normalized spacial score (nSPS) is 25.8. The second-order valence-corrected chi connectivity index (χ2v) is 13.5. The number of carbonyl (C=O) groups is 3. The number of nitrogens with zero attached hydrogens (tertiary/aromatic N) is 1. The average molecular weight is 632 g/mol. The van der Waals surface area contributed by atoms with Crippen molar-refractivity contribution in [3.63, 3.8) is 0 Å². The molecule has 0 radical (unpaired) electrons. The molecule has 6 rings (SSSR count). The molecular formula is C32H39ClFN3O7. The van der Waals surface area contributed by atoms with Crippen LogP contribution in [-0.4, -0.2) is 71.5 Å². The number of hydrogen-bond acceptors (Lipinski definition) is 8. The Morgan fingerprint density at radius 2 is 1.84 bits per heavy atom. The molecule has 2 aromatic carbocycles. The molecular weight excluding hydrogens is 593 g/mol. The first-order valence-corrected chi connectivity index (χ1v) is 15.2. The van der Waals surface area contributed by atoms with Gasteiger partial charge in [0, 0.05) is 11.6 Å². The van der Waals surface area contributed by atoms with Gasteiger partial charge in [0.1, 0.15) is 29.5 Å². The molecule has 1 unspecified atom stereocenters. The third kappa shape index (κ3) is 7.04. The van der Waals surface area contributed by atoms with Crippen LogP contribution in [0.25, 0.3) is 0 Å². The van der Waals surface area contributed by atoms with E-state index in [0.717, 1.165) is 17.3 Å². The van der Waals surface area contributed by atoms with Crippen LogP contribution in [0.2, 0.25) is 5.02 Å². The molecule has 44 heavy (non-hydrogen) atoms. The molecule has 0 saturated heterocycles. The Bertz CT molecular complexity index is 1440. The summed E-state index contributed by atoms with van der Waals surface area (Å²) in [4.78, 5) is 40.9. The minimum absolute atomic E-state index is 0.0381. The number of anilines is 1. The minimum atomic E-state index is -0.901. The quantitative estimate of drug-likeness (QED) is 0.376. The summed E-state index contributed by atoms with van der Waals surface area (Å²) < 4.78 is 30.7. The maximum absolute atomic E-state index is 13.7. The van der Waals surface area contributed by atoms with Crippen LogP contribution >= 0.6 is 11.6 Å². The zero-order valence-corrected chi connectivity index (χ0v) is 26.1.